The lowest BCUT2D eigenvalue weighted by molar-refractivity contribution is -0.130. The van der Waals surface area contributed by atoms with Crippen LogP contribution in [0.2, 0.25) is 0 Å². The predicted molar refractivity (Wildman–Crippen MR) is 116 cm³/mol. The Morgan fingerprint density at radius 2 is 1.80 bits per heavy atom. The van der Waals surface area contributed by atoms with Crippen LogP contribution in [0.15, 0.2) is 54.6 Å². The van der Waals surface area contributed by atoms with Crippen molar-refractivity contribution in [2.75, 3.05) is 26.3 Å². The highest BCUT2D eigenvalue weighted by Crippen LogP contribution is 2.38. The van der Waals surface area contributed by atoms with E-state index in [1.165, 1.54) is 17.7 Å². The van der Waals surface area contributed by atoms with Crippen LogP contribution in [-0.4, -0.2) is 43.2 Å². The molecule has 4 rings (SSSR count). The summed E-state index contributed by atoms with van der Waals surface area (Å²) < 4.78 is 18.7. The van der Waals surface area contributed by atoms with Gasteiger partial charge in [-0.1, -0.05) is 42.5 Å². The van der Waals surface area contributed by atoms with Gasteiger partial charge in [0, 0.05) is 44.2 Å². The fraction of sp³-hybridized carbons (Fsp3) is 0.480. The van der Waals surface area contributed by atoms with Crippen LogP contribution in [0.1, 0.15) is 43.2 Å². The molecule has 1 atom stereocenters. The molecule has 0 aromatic heterocycles. The number of benzene rings is 2. The lowest BCUT2D eigenvalue weighted by atomic mass is 9.73. The number of likely N-dealkylation sites (tertiary alicyclic amines) is 1. The average molecular weight is 411 g/mol. The molecule has 1 amide bonds. The highest BCUT2D eigenvalue weighted by molar-refractivity contribution is 5.79. The van der Waals surface area contributed by atoms with Gasteiger partial charge >= 0.3 is 0 Å². The molecule has 2 aromatic rings. The highest BCUT2D eigenvalue weighted by Gasteiger charge is 2.41. The fourth-order valence-electron chi connectivity index (χ4n) is 4.83. The van der Waals surface area contributed by atoms with E-state index in [-0.39, 0.29) is 23.2 Å². The molecule has 4 nitrogen and oxygen atoms in total. The Bertz CT molecular complexity index is 819. The molecule has 2 fully saturated rings. The first kappa shape index (κ1) is 21.0. The third kappa shape index (κ3) is 4.90. The number of nitrogens with one attached hydrogen (secondary N) is 1. The van der Waals surface area contributed by atoms with Gasteiger partial charge in [0.05, 0.1) is 0 Å². The van der Waals surface area contributed by atoms with Gasteiger partial charge in [-0.05, 0) is 55.5 Å². The Morgan fingerprint density at radius 3 is 2.53 bits per heavy atom. The van der Waals surface area contributed by atoms with E-state index in [2.05, 4.69) is 34.5 Å². The summed E-state index contributed by atoms with van der Waals surface area (Å²) >= 11 is 0. The number of hydrogen-bond acceptors (Lipinski definition) is 3. The minimum absolute atomic E-state index is 0.0146. The molecular formula is C25H31FN2O2. The summed E-state index contributed by atoms with van der Waals surface area (Å²) in [6.07, 6.45) is 4.42. The van der Waals surface area contributed by atoms with Crippen molar-refractivity contribution in [1.29, 1.82) is 0 Å². The third-order valence-corrected chi connectivity index (χ3v) is 6.66. The zero-order valence-corrected chi connectivity index (χ0v) is 17.5. The zero-order valence-electron chi connectivity index (χ0n) is 17.5. The Hall–Kier alpha value is -2.24. The summed E-state index contributed by atoms with van der Waals surface area (Å²) in [4.78, 5) is 14.9. The maximum Gasteiger partial charge on any atom is 0.222 e. The Morgan fingerprint density at radius 1 is 1.07 bits per heavy atom. The minimum atomic E-state index is -0.209. The van der Waals surface area contributed by atoms with E-state index >= 15 is 0 Å². The summed E-state index contributed by atoms with van der Waals surface area (Å²) in [5.41, 5.74) is 2.38. The van der Waals surface area contributed by atoms with Gasteiger partial charge in [0.15, 0.2) is 0 Å². The molecule has 2 aliphatic rings. The smallest absolute Gasteiger partial charge is 0.222 e. The van der Waals surface area contributed by atoms with E-state index < -0.39 is 0 Å². The van der Waals surface area contributed by atoms with Gasteiger partial charge in [-0.2, -0.15) is 0 Å². The minimum Gasteiger partial charge on any atom is -0.381 e. The van der Waals surface area contributed by atoms with Crippen molar-refractivity contribution in [3.05, 3.63) is 71.5 Å². The topological polar surface area (TPSA) is 41.6 Å². The molecule has 2 aromatic carbocycles. The van der Waals surface area contributed by atoms with Crippen LogP contribution < -0.4 is 5.32 Å². The number of hydrogen-bond donors (Lipinski definition) is 1. The summed E-state index contributed by atoms with van der Waals surface area (Å²) in [5, 5.41) is 3.45. The van der Waals surface area contributed by atoms with Crippen LogP contribution in [0, 0.1) is 5.82 Å². The van der Waals surface area contributed by atoms with Gasteiger partial charge in [0.1, 0.15) is 5.82 Å². The van der Waals surface area contributed by atoms with Crippen LogP contribution in [0.5, 0.6) is 0 Å². The third-order valence-electron chi connectivity index (χ3n) is 6.66. The quantitative estimate of drug-likeness (QED) is 0.668. The number of nitrogens with zero attached hydrogens (tertiary/aromatic N) is 1. The van der Waals surface area contributed by atoms with Crippen molar-refractivity contribution >= 4 is 5.91 Å². The van der Waals surface area contributed by atoms with Crippen LogP contribution in [0.25, 0.3) is 0 Å². The number of amides is 1. The molecule has 0 saturated carbocycles. The average Bonchev–Trinajstić information content (AvgIpc) is 3.13. The lowest BCUT2D eigenvalue weighted by Crippen LogP contribution is -2.48. The van der Waals surface area contributed by atoms with Gasteiger partial charge in [0.25, 0.3) is 0 Å². The molecule has 5 heteroatoms. The van der Waals surface area contributed by atoms with Gasteiger partial charge < -0.3 is 15.0 Å². The largest absolute Gasteiger partial charge is 0.381 e. The van der Waals surface area contributed by atoms with Crippen LogP contribution in [0.4, 0.5) is 4.39 Å². The van der Waals surface area contributed by atoms with E-state index in [4.69, 9.17) is 4.74 Å². The first-order valence-corrected chi connectivity index (χ1v) is 11.0. The number of halogens is 1. The second-order valence-electron chi connectivity index (χ2n) is 8.56. The molecule has 0 spiro atoms. The zero-order chi connectivity index (χ0) is 20.8. The summed E-state index contributed by atoms with van der Waals surface area (Å²) in [6, 6.07) is 17.5. The molecule has 2 saturated heterocycles. The maximum atomic E-state index is 13.0. The first-order chi connectivity index (χ1) is 14.7. The Kier molecular flexibility index (Phi) is 6.80. The summed E-state index contributed by atoms with van der Waals surface area (Å²) in [5.74, 6) is 0.0691. The number of rotatable bonds is 8. The molecule has 0 unspecified atom stereocenters. The number of carbonyl (C=O) groups excluding carboxylic acids is 1. The van der Waals surface area contributed by atoms with Crippen molar-refractivity contribution in [2.24, 2.45) is 0 Å². The molecular weight excluding hydrogens is 379 g/mol. The van der Waals surface area contributed by atoms with Crippen molar-refractivity contribution in [2.45, 2.75) is 50.1 Å². The van der Waals surface area contributed by atoms with Crippen LogP contribution in [-0.2, 0) is 21.5 Å². The summed E-state index contributed by atoms with van der Waals surface area (Å²) in [6.45, 7) is 3.84. The molecule has 160 valence electrons. The molecule has 0 aliphatic carbocycles. The van der Waals surface area contributed by atoms with E-state index in [1.54, 1.807) is 0 Å². The molecule has 0 radical (unpaired) electrons. The molecule has 2 heterocycles. The van der Waals surface area contributed by atoms with Gasteiger partial charge in [-0.3, -0.25) is 4.79 Å². The van der Waals surface area contributed by atoms with E-state index in [0.29, 0.717) is 13.0 Å². The molecule has 30 heavy (non-hydrogen) atoms. The normalized spacial score (nSPS) is 21.2. The summed E-state index contributed by atoms with van der Waals surface area (Å²) in [7, 11) is 0. The second-order valence-corrected chi connectivity index (χ2v) is 8.56. The highest BCUT2D eigenvalue weighted by atomic mass is 19.1. The monoisotopic (exact) mass is 410 g/mol. The fourth-order valence-corrected chi connectivity index (χ4v) is 4.83. The lowest BCUT2D eigenvalue weighted by Gasteiger charge is -2.42. The van der Waals surface area contributed by atoms with Crippen molar-refractivity contribution < 1.29 is 13.9 Å². The molecule has 0 bridgehead atoms. The van der Waals surface area contributed by atoms with Gasteiger partial charge in [0.2, 0.25) is 5.91 Å². The van der Waals surface area contributed by atoms with Crippen molar-refractivity contribution in [3.63, 3.8) is 0 Å². The van der Waals surface area contributed by atoms with E-state index in [0.717, 1.165) is 57.6 Å². The molecule has 1 N–H and O–H groups in total. The maximum absolute atomic E-state index is 13.0. The Balaban J connectivity index is 1.37. The standard InChI is InChI=1S/C25H31FN2O2/c26-22-8-6-20(7-9-22)18-27-15-12-23-10-11-24(29)28(23)19-25(13-16-30-17-14-25)21-4-2-1-3-5-21/h1-9,23,27H,10-19H2/t23-/m1/s1. The van der Waals surface area contributed by atoms with Gasteiger partial charge in [-0.25, -0.2) is 4.39 Å². The van der Waals surface area contributed by atoms with E-state index in [1.807, 2.05) is 18.2 Å². The molecule has 2 aliphatic heterocycles. The van der Waals surface area contributed by atoms with Crippen LogP contribution in [0.3, 0.4) is 0 Å². The Labute approximate surface area is 178 Å². The second kappa shape index (κ2) is 9.71. The predicted octanol–water partition coefficient (Wildman–Crippen LogP) is 4.04. The van der Waals surface area contributed by atoms with E-state index in [9.17, 15) is 9.18 Å². The number of carbonyl (C=O) groups is 1. The SMILES string of the molecule is O=C1CC[C@H](CCNCc2ccc(F)cc2)N1CC1(c2ccccc2)CCOCC1. The van der Waals surface area contributed by atoms with Crippen LogP contribution >= 0.6 is 0 Å². The van der Waals surface area contributed by atoms with Gasteiger partial charge in [-0.15, -0.1) is 0 Å². The first-order valence-electron chi connectivity index (χ1n) is 11.0. The van der Waals surface area contributed by atoms with Crippen molar-refractivity contribution in [3.8, 4) is 0 Å². The van der Waals surface area contributed by atoms with Crippen molar-refractivity contribution in [1.82, 2.24) is 10.2 Å². The number of ether oxygens (including phenoxy) is 1.